The van der Waals surface area contributed by atoms with Crippen LogP contribution < -0.4 is 15.4 Å². The molecule has 0 aromatic heterocycles. The van der Waals surface area contributed by atoms with Crippen molar-refractivity contribution in [2.24, 2.45) is 10.8 Å². The minimum Gasteiger partial charge on any atom is -0.450 e. The van der Waals surface area contributed by atoms with Crippen LogP contribution in [0.2, 0.25) is 0 Å². The van der Waals surface area contributed by atoms with Gasteiger partial charge in [0, 0.05) is 11.5 Å². The lowest BCUT2D eigenvalue weighted by molar-refractivity contribution is -0.143. The molecule has 0 bridgehead atoms. The molecular formula is C19H28N2O5. The second-order valence-corrected chi connectivity index (χ2v) is 7.90. The fraction of sp³-hybridized carbons (Fsp3) is 0.526. The molecule has 0 saturated heterocycles. The first-order valence-electron chi connectivity index (χ1n) is 8.46. The van der Waals surface area contributed by atoms with Crippen LogP contribution in [0.15, 0.2) is 18.2 Å². The maximum atomic E-state index is 12.3. The van der Waals surface area contributed by atoms with Crippen LogP contribution in [0, 0.1) is 10.8 Å². The van der Waals surface area contributed by atoms with Gasteiger partial charge >= 0.3 is 12.1 Å². The third kappa shape index (κ3) is 6.38. The molecule has 0 aliphatic carbocycles. The molecule has 2 amide bonds. The highest BCUT2D eigenvalue weighted by molar-refractivity contribution is 6.00. The summed E-state index contributed by atoms with van der Waals surface area (Å²) in [5.41, 5.74) is -0.649. The van der Waals surface area contributed by atoms with Crippen LogP contribution in [0.25, 0.3) is 0 Å². The first-order chi connectivity index (χ1) is 11.8. The quantitative estimate of drug-likeness (QED) is 0.617. The number of anilines is 2. The summed E-state index contributed by atoms with van der Waals surface area (Å²) in [5.74, 6) is -0.385. The first kappa shape index (κ1) is 21.5. The lowest BCUT2D eigenvalue weighted by Crippen LogP contribution is -2.28. The summed E-state index contributed by atoms with van der Waals surface area (Å²) >= 11 is 0. The molecule has 0 unspecified atom stereocenters. The highest BCUT2D eigenvalue weighted by Gasteiger charge is 2.25. The Kier molecular flexibility index (Phi) is 6.78. The second kappa shape index (κ2) is 8.21. The SMILES string of the molecule is CCOC(=O)Nc1ccc(OC(=O)C(C)(C)C)cc1NC(=O)C(C)(C)C. The molecule has 7 nitrogen and oxygen atoms in total. The fourth-order valence-electron chi connectivity index (χ4n) is 1.65. The third-order valence-electron chi connectivity index (χ3n) is 3.26. The van der Waals surface area contributed by atoms with Crippen molar-refractivity contribution in [1.82, 2.24) is 0 Å². The molecule has 144 valence electrons. The van der Waals surface area contributed by atoms with E-state index < -0.39 is 22.9 Å². The van der Waals surface area contributed by atoms with Gasteiger partial charge in [0.2, 0.25) is 5.91 Å². The Hall–Kier alpha value is -2.57. The molecule has 1 rings (SSSR count). The number of rotatable bonds is 4. The maximum absolute atomic E-state index is 12.3. The van der Waals surface area contributed by atoms with Gasteiger partial charge in [0.25, 0.3) is 0 Å². The molecule has 0 radical (unpaired) electrons. The molecule has 1 aromatic carbocycles. The topological polar surface area (TPSA) is 93.7 Å². The Bertz CT molecular complexity index is 684. The van der Waals surface area contributed by atoms with E-state index in [9.17, 15) is 14.4 Å². The molecule has 0 fully saturated rings. The third-order valence-corrected chi connectivity index (χ3v) is 3.26. The number of ether oxygens (including phenoxy) is 2. The number of hydrogen-bond donors (Lipinski definition) is 2. The van der Waals surface area contributed by atoms with E-state index >= 15 is 0 Å². The molecule has 0 spiro atoms. The van der Waals surface area contributed by atoms with Crippen LogP contribution in [0.3, 0.4) is 0 Å². The monoisotopic (exact) mass is 364 g/mol. The number of amides is 2. The van der Waals surface area contributed by atoms with Crippen molar-refractivity contribution >= 4 is 29.3 Å². The molecule has 7 heteroatoms. The van der Waals surface area contributed by atoms with E-state index in [-0.39, 0.29) is 18.3 Å². The first-order valence-corrected chi connectivity index (χ1v) is 8.46. The Morgan fingerprint density at radius 2 is 1.54 bits per heavy atom. The summed E-state index contributed by atoms with van der Waals surface area (Å²) in [5, 5.41) is 5.31. The van der Waals surface area contributed by atoms with E-state index in [0.717, 1.165) is 0 Å². The van der Waals surface area contributed by atoms with Gasteiger partial charge in [0.05, 0.1) is 23.4 Å². The van der Waals surface area contributed by atoms with Crippen molar-refractivity contribution in [3.05, 3.63) is 18.2 Å². The lowest BCUT2D eigenvalue weighted by Gasteiger charge is -2.21. The molecule has 0 aliphatic heterocycles. The summed E-state index contributed by atoms with van der Waals surface area (Å²) in [6, 6.07) is 4.58. The standard InChI is InChI=1S/C19H28N2O5/c1-8-25-17(24)21-13-10-9-12(26-16(23)19(5,6)7)11-14(13)20-15(22)18(2,3)4/h9-11H,8H2,1-7H3,(H,20,22)(H,21,24). The van der Waals surface area contributed by atoms with Crippen LogP contribution in [0.4, 0.5) is 16.2 Å². The molecule has 0 saturated carbocycles. The summed E-state index contributed by atoms with van der Waals surface area (Å²) in [6.45, 7) is 12.4. The van der Waals surface area contributed by atoms with Crippen LogP contribution in [-0.2, 0) is 14.3 Å². The highest BCUT2D eigenvalue weighted by atomic mass is 16.5. The number of benzene rings is 1. The van der Waals surface area contributed by atoms with Gasteiger partial charge in [0.1, 0.15) is 5.75 Å². The molecule has 0 aliphatic rings. The van der Waals surface area contributed by atoms with E-state index in [4.69, 9.17) is 9.47 Å². The summed E-state index contributed by atoms with van der Waals surface area (Å²) in [7, 11) is 0. The zero-order chi connectivity index (χ0) is 20.1. The number of esters is 1. The van der Waals surface area contributed by atoms with E-state index in [1.165, 1.54) is 12.1 Å². The van der Waals surface area contributed by atoms with Crippen LogP contribution in [0.5, 0.6) is 5.75 Å². The van der Waals surface area contributed by atoms with Gasteiger partial charge < -0.3 is 14.8 Å². The summed E-state index contributed by atoms with van der Waals surface area (Å²) < 4.78 is 10.2. The van der Waals surface area contributed by atoms with Gasteiger partial charge in [-0.3, -0.25) is 14.9 Å². The molecular weight excluding hydrogens is 336 g/mol. The Balaban J connectivity index is 3.15. The van der Waals surface area contributed by atoms with Crippen molar-refractivity contribution in [2.75, 3.05) is 17.2 Å². The number of carbonyl (C=O) groups excluding carboxylic acids is 3. The normalized spacial score (nSPS) is 11.5. The Morgan fingerprint density at radius 1 is 0.923 bits per heavy atom. The predicted octanol–water partition coefficient (Wildman–Crippen LogP) is 4.19. The van der Waals surface area contributed by atoms with Gasteiger partial charge in [0.15, 0.2) is 0 Å². The summed E-state index contributed by atoms with van der Waals surface area (Å²) in [4.78, 5) is 36.1. The molecule has 2 N–H and O–H groups in total. The van der Waals surface area contributed by atoms with Gasteiger partial charge in [-0.15, -0.1) is 0 Å². The Labute approximate surface area is 154 Å². The second-order valence-electron chi connectivity index (χ2n) is 7.90. The van der Waals surface area contributed by atoms with Gasteiger partial charge in [-0.25, -0.2) is 4.79 Å². The van der Waals surface area contributed by atoms with E-state index in [2.05, 4.69) is 10.6 Å². The van der Waals surface area contributed by atoms with Crippen molar-refractivity contribution in [2.45, 2.75) is 48.5 Å². The molecule has 0 heterocycles. The van der Waals surface area contributed by atoms with Crippen molar-refractivity contribution in [3.63, 3.8) is 0 Å². The van der Waals surface area contributed by atoms with Gasteiger partial charge in [-0.2, -0.15) is 0 Å². The van der Waals surface area contributed by atoms with E-state index in [1.807, 2.05) is 0 Å². The number of hydrogen-bond acceptors (Lipinski definition) is 5. The van der Waals surface area contributed by atoms with Gasteiger partial charge in [-0.1, -0.05) is 20.8 Å². The van der Waals surface area contributed by atoms with Gasteiger partial charge in [-0.05, 0) is 39.8 Å². The molecule has 26 heavy (non-hydrogen) atoms. The van der Waals surface area contributed by atoms with Crippen LogP contribution in [0.1, 0.15) is 48.5 Å². The van der Waals surface area contributed by atoms with E-state index in [0.29, 0.717) is 11.4 Å². The predicted molar refractivity (Wildman–Crippen MR) is 100 cm³/mol. The van der Waals surface area contributed by atoms with Crippen molar-refractivity contribution in [1.29, 1.82) is 0 Å². The minimum atomic E-state index is -0.670. The summed E-state index contributed by atoms with van der Waals surface area (Å²) in [6.07, 6.45) is -0.641. The zero-order valence-corrected chi connectivity index (χ0v) is 16.5. The highest BCUT2D eigenvalue weighted by Crippen LogP contribution is 2.30. The smallest absolute Gasteiger partial charge is 0.411 e. The zero-order valence-electron chi connectivity index (χ0n) is 16.5. The maximum Gasteiger partial charge on any atom is 0.411 e. The average Bonchev–Trinajstić information content (AvgIpc) is 2.48. The van der Waals surface area contributed by atoms with Crippen LogP contribution >= 0.6 is 0 Å². The fourth-order valence-corrected chi connectivity index (χ4v) is 1.65. The number of nitrogens with one attached hydrogen (secondary N) is 2. The largest absolute Gasteiger partial charge is 0.450 e. The number of carbonyl (C=O) groups is 3. The van der Waals surface area contributed by atoms with Crippen LogP contribution in [-0.4, -0.2) is 24.6 Å². The minimum absolute atomic E-state index is 0.219. The van der Waals surface area contributed by atoms with Crippen molar-refractivity contribution < 1.29 is 23.9 Å². The average molecular weight is 364 g/mol. The Morgan fingerprint density at radius 3 is 2.04 bits per heavy atom. The molecule has 1 aromatic rings. The van der Waals surface area contributed by atoms with Crippen molar-refractivity contribution in [3.8, 4) is 5.75 Å². The van der Waals surface area contributed by atoms with E-state index in [1.54, 1.807) is 54.5 Å². The lowest BCUT2D eigenvalue weighted by atomic mass is 9.95. The molecule has 0 atom stereocenters.